The number of anilines is 1. The smallest absolute Gasteiger partial charge is 0.301 e. The van der Waals surface area contributed by atoms with Crippen molar-refractivity contribution in [2.24, 2.45) is 0 Å². The van der Waals surface area contributed by atoms with Crippen molar-refractivity contribution in [2.75, 3.05) is 11.5 Å². The molecule has 0 radical (unpaired) electrons. The highest BCUT2D eigenvalue weighted by Gasteiger charge is 2.48. The van der Waals surface area contributed by atoms with Gasteiger partial charge < -0.3 is 9.84 Å². The minimum atomic E-state index is -0.899. The number of thioether (sulfide) groups is 1. The number of Topliss-reactive ketones (excluding diaryl/α,β-unsaturated/α-hetero) is 1. The van der Waals surface area contributed by atoms with Gasteiger partial charge in [0.15, 0.2) is 4.34 Å². The Morgan fingerprint density at radius 3 is 2.56 bits per heavy atom. The average Bonchev–Trinajstić information content (AvgIpc) is 3.54. The Balaban J connectivity index is 1.56. The third-order valence-corrected chi connectivity index (χ3v) is 9.15. The second-order valence-corrected chi connectivity index (χ2v) is 12.2. The van der Waals surface area contributed by atoms with Gasteiger partial charge in [-0.1, -0.05) is 89.7 Å². The van der Waals surface area contributed by atoms with Crippen LogP contribution in [0.5, 0.6) is 5.75 Å². The van der Waals surface area contributed by atoms with Crippen LogP contribution in [0.3, 0.4) is 0 Å². The lowest BCUT2D eigenvalue weighted by Crippen LogP contribution is -2.29. The first kappa shape index (κ1) is 28.9. The molecule has 5 rings (SSSR count). The molecule has 41 heavy (non-hydrogen) atoms. The van der Waals surface area contributed by atoms with Crippen LogP contribution in [0.1, 0.15) is 47.2 Å². The van der Waals surface area contributed by atoms with Crippen molar-refractivity contribution >= 4 is 57.3 Å². The molecule has 210 valence electrons. The van der Waals surface area contributed by atoms with Crippen LogP contribution in [-0.2, 0) is 15.3 Å². The average molecular weight is 606 g/mol. The minimum absolute atomic E-state index is 0.00592. The van der Waals surface area contributed by atoms with Gasteiger partial charge in [0.1, 0.15) is 11.5 Å². The van der Waals surface area contributed by atoms with Gasteiger partial charge in [0.05, 0.1) is 18.2 Å². The molecule has 0 spiro atoms. The van der Waals surface area contributed by atoms with Crippen LogP contribution in [0, 0.1) is 13.8 Å². The maximum absolute atomic E-state index is 13.6. The molecule has 4 aromatic rings. The van der Waals surface area contributed by atoms with E-state index in [1.807, 2.05) is 63.2 Å². The molecule has 1 fully saturated rings. The van der Waals surface area contributed by atoms with E-state index in [-0.39, 0.29) is 16.5 Å². The predicted octanol–water partition coefficient (Wildman–Crippen LogP) is 7.52. The number of benzene rings is 3. The van der Waals surface area contributed by atoms with E-state index in [1.54, 1.807) is 24.3 Å². The number of hydrogen-bond acceptors (Lipinski definition) is 8. The highest BCUT2D eigenvalue weighted by molar-refractivity contribution is 8.00. The number of aromatic nitrogens is 2. The number of ether oxygens (including phenoxy) is 1. The molecule has 1 aliphatic heterocycles. The maximum atomic E-state index is 13.6. The van der Waals surface area contributed by atoms with Crippen LogP contribution < -0.4 is 9.64 Å². The minimum Gasteiger partial charge on any atom is -0.507 e. The third kappa shape index (κ3) is 6.02. The molecule has 7 nitrogen and oxygen atoms in total. The van der Waals surface area contributed by atoms with Crippen LogP contribution in [0.4, 0.5) is 5.13 Å². The zero-order valence-corrected chi connectivity index (χ0v) is 25.1. The monoisotopic (exact) mass is 605 g/mol. The summed E-state index contributed by atoms with van der Waals surface area (Å²) in [6.07, 6.45) is 0.867. The molecular weight excluding hydrogens is 578 g/mol. The number of halogens is 1. The van der Waals surface area contributed by atoms with Crippen molar-refractivity contribution in [1.29, 1.82) is 0 Å². The molecule has 0 bridgehead atoms. The Morgan fingerprint density at radius 1 is 1.07 bits per heavy atom. The lowest BCUT2D eigenvalue weighted by Gasteiger charge is -2.23. The molecule has 3 aromatic carbocycles. The highest BCUT2D eigenvalue weighted by Crippen LogP contribution is 2.44. The predicted molar refractivity (Wildman–Crippen MR) is 164 cm³/mol. The van der Waals surface area contributed by atoms with E-state index < -0.39 is 17.7 Å². The molecule has 1 aromatic heterocycles. The number of rotatable bonds is 9. The van der Waals surface area contributed by atoms with Gasteiger partial charge in [-0.15, -0.1) is 10.2 Å². The van der Waals surface area contributed by atoms with E-state index in [0.717, 1.165) is 23.1 Å². The van der Waals surface area contributed by atoms with Crippen molar-refractivity contribution in [2.45, 2.75) is 43.3 Å². The van der Waals surface area contributed by atoms with Crippen molar-refractivity contribution in [3.05, 3.63) is 105 Å². The summed E-state index contributed by atoms with van der Waals surface area (Å²) in [4.78, 5) is 28.4. The van der Waals surface area contributed by atoms with Gasteiger partial charge in [0, 0.05) is 16.3 Å². The molecule has 1 amide bonds. The van der Waals surface area contributed by atoms with Crippen molar-refractivity contribution in [1.82, 2.24) is 10.2 Å². The first-order valence-corrected chi connectivity index (χ1v) is 15.3. The van der Waals surface area contributed by atoms with Gasteiger partial charge in [-0.2, -0.15) is 0 Å². The highest BCUT2D eigenvalue weighted by atomic mass is 35.5. The van der Waals surface area contributed by atoms with Crippen molar-refractivity contribution in [3.63, 3.8) is 0 Å². The standard InChI is InChI=1S/C31H28ClN3O4S2/c1-4-15-39-22-13-11-20(12-14-22)26-25(27(36)23-16-18(2)9-10-19(23)3)28(37)29(38)35(26)30-33-34-31(41-30)40-17-21-7-5-6-8-24(21)32/h5-14,16,26,36H,4,15,17H2,1-3H3. The van der Waals surface area contributed by atoms with E-state index in [2.05, 4.69) is 10.2 Å². The first-order valence-electron chi connectivity index (χ1n) is 13.1. The number of carbonyl (C=O) groups excluding carboxylic acids is 2. The number of aryl methyl sites for hydroxylation is 2. The van der Waals surface area contributed by atoms with Crippen molar-refractivity contribution in [3.8, 4) is 5.75 Å². The number of aliphatic hydroxyl groups excluding tert-OH is 1. The van der Waals surface area contributed by atoms with Crippen molar-refractivity contribution < 1.29 is 19.4 Å². The van der Waals surface area contributed by atoms with Gasteiger partial charge >= 0.3 is 5.91 Å². The van der Waals surface area contributed by atoms with E-state index in [0.29, 0.717) is 38.6 Å². The third-order valence-electron chi connectivity index (χ3n) is 6.67. The summed E-state index contributed by atoms with van der Waals surface area (Å²) in [5.74, 6) is -0.521. The van der Waals surface area contributed by atoms with Gasteiger partial charge in [-0.3, -0.25) is 14.5 Å². The van der Waals surface area contributed by atoms with Crippen LogP contribution in [0.25, 0.3) is 5.76 Å². The Labute approximate surface area is 251 Å². The summed E-state index contributed by atoms with van der Waals surface area (Å²) in [6.45, 7) is 6.36. The zero-order valence-electron chi connectivity index (χ0n) is 22.8. The van der Waals surface area contributed by atoms with Crippen LogP contribution in [-0.4, -0.2) is 33.6 Å². The summed E-state index contributed by atoms with van der Waals surface area (Å²) in [5.41, 5.74) is 3.81. The number of hydrogen-bond donors (Lipinski definition) is 1. The fourth-order valence-electron chi connectivity index (χ4n) is 4.56. The molecule has 1 atom stereocenters. The van der Waals surface area contributed by atoms with E-state index >= 15 is 0 Å². The topological polar surface area (TPSA) is 92.6 Å². The Hall–Kier alpha value is -3.66. The van der Waals surface area contributed by atoms with Gasteiger partial charge in [-0.25, -0.2) is 0 Å². The van der Waals surface area contributed by atoms with Crippen LogP contribution in [0.2, 0.25) is 5.02 Å². The molecule has 10 heteroatoms. The molecular formula is C31H28ClN3O4S2. The van der Waals surface area contributed by atoms with Gasteiger partial charge in [0.25, 0.3) is 5.78 Å². The Morgan fingerprint density at radius 2 is 1.83 bits per heavy atom. The van der Waals surface area contributed by atoms with Crippen LogP contribution >= 0.6 is 34.7 Å². The fraction of sp³-hybridized carbons (Fsp3) is 0.226. The number of aliphatic hydroxyl groups is 1. The molecule has 1 N–H and O–H groups in total. The lowest BCUT2D eigenvalue weighted by atomic mass is 9.93. The number of nitrogens with zero attached hydrogens (tertiary/aromatic N) is 3. The van der Waals surface area contributed by atoms with Gasteiger partial charge in [-0.05, 0) is 61.2 Å². The summed E-state index contributed by atoms with van der Waals surface area (Å²) >= 11 is 8.96. The number of ketones is 1. The molecule has 1 unspecified atom stereocenters. The number of carbonyl (C=O) groups is 2. The Bertz CT molecular complexity index is 1630. The second-order valence-electron chi connectivity index (χ2n) is 9.64. The summed E-state index contributed by atoms with van der Waals surface area (Å²) in [6, 6.07) is 19.5. The maximum Gasteiger partial charge on any atom is 0.301 e. The van der Waals surface area contributed by atoms with E-state index in [1.165, 1.54) is 28.0 Å². The normalized spacial score (nSPS) is 16.4. The molecule has 0 aliphatic carbocycles. The molecule has 0 saturated carbocycles. The molecule has 1 aliphatic rings. The molecule has 1 saturated heterocycles. The van der Waals surface area contributed by atoms with E-state index in [9.17, 15) is 14.7 Å². The zero-order chi connectivity index (χ0) is 29.1. The summed E-state index contributed by atoms with van der Waals surface area (Å²) in [5, 5.41) is 21.0. The molecule has 2 heterocycles. The lowest BCUT2D eigenvalue weighted by molar-refractivity contribution is -0.132. The van der Waals surface area contributed by atoms with E-state index in [4.69, 9.17) is 16.3 Å². The second kappa shape index (κ2) is 12.5. The fourth-order valence-corrected chi connectivity index (χ4v) is 6.71. The number of amides is 1. The van der Waals surface area contributed by atoms with Crippen LogP contribution in [0.15, 0.2) is 76.6 Å². The SMILES string of the molecule is CCCOc1ccc(C2C(=C(O)c3cc(C)ccc3C)C(=O)C(=O)N2c2nnc(SCc3ccccc3Cl)s2)cc1. The summed E-state index contributed by atoms with van der Waals surface area (Å²) < 4.78 is 6.36. The largest absolute Gasteiger partial charge is 0.507 e. The Kier molecular flexibility index (Phi) is 8.77. The van der Waals surface area contributed by atoms with Gasteiger partial charge in [0.2, 0.25) is 5.13 Å². The summed E-state index contributed by atoms with van der Waals surface area (Å²) in [7, 11) is 0. The quantitative estimate of drug-likeness (QED) is 0.0693. The first-order chi connectivity index (χ1) is 19.8.